The van der Waals surface area contributed by atoms with E-state index in [2.05, 4.69) is 32.0 Å². The Bertz CT molecular complexity index is 662. The lowest BCUT2D eigenvalue weighted by molar-refractivity contribution is 0.456. The zero-order valence-electron chi connectivity index (χ0n) is 10.0. The van der Waals surface area contributed by atoms with Crippen LogP contribution in [0.25, 0.3) is 0 Å². The van der Waals surface area contributed by atoms with Gasteiger partial charge in [0.2, 0.25) is 5.88 Å². The molecule has 1 aromatic carbocycles. The molecule has 0 unspecified atom stereocenters. The second-order valence-electron chi connectivity index (χ2n) is 4.37. The highest BCUT2D eigenvalue weighted by molar-refractivity contribution is 9.10. The van der Waals surface area contributed by atoms with Crippen molar-refractivity contribution in [2.24, 2.45) is 0 Å². The van der Waals surface area contributed by atoms with Gasteiger partial charge in [-0.3, -0.25) is 0 Å². The number of nitriles is 1. The van der Waals surface area contributed by atoms with Crippen molar-refractivity contribution in [3.8, 4) is 17.7 Å². The molecule has 1 saturated carbocycles. The Labute approximate surface area is 119 Å². The number of ether oxygens (including phenoxy) is 1. The van der Waals surface area contributed by atoms with Crippen LogP contribution < -0.4 is 4.74 Å². The number of halogens is 1. The van der Waals surface area contributed by atoms with Crippen LogP contribution in [0.3, 0.4) is 0 Å². The third kappa shape index (κ3) is 2.74. The van der Waals surface area contributed by atoms with E-state index in [9.17, 15) is 0 Å². The lowest BCUT2D eigenvalue weighted by Crippen LogP contribution is -1.97. The van der Waals surface area contributed by atoms with Crippen LogP contribution >= 0.6 is 15.9 Å². The highest BCUT2D eigenvalue weighted by atomic mass is 79.9. The molecule has 19 heavy (non-hydrogen) atoms. The number of benzene rings is 1. The van der Waals surface area contributed by atoms with Gasteiger partial charge in [0.25, 0.3) is 0 Å². The predicted molar refractivity (Wildman–Crippen MR) is 72.9 cm³/mol. The van der Waals surface area contributed by atoms with Crippen molar-refractivity contribution in [2.45, 2.75) is 18.8 Å². The molecule has 0 N–H and O–H groups in total. The molecule has 0 aliphatic heterocycles. The maximum atomic E-state index is 9.03. The summed E-state index contributed by atoms with van der Waals surface area (Å²) in [7, 11) is 0. The fraction of sp³-hybridized carbons (Fsp3) is 0.214. The summed E-state index contributed by atoms with van der Waals surface area (Å²) >= 11 is 3.36. The van der Waals surface area contributed by atoms with E-state index in [0.717, 1.165) is 18.7 Å². The molecular weight excluding hydrogens is 306 g/mol. The van der Waals surface area contributed by atoms with Gasteiger partial charge in [-0.1, -0.05) is 12.1 Å². The summed E-state index contributed by atoms with van der Waals surface area (Å²) in [6.07, 6.45) is 2.26. The second kappa shape index (κ2) is 4.98. The zero-order valence-corrected chi connectivity index (χ0v) is 11.6. The normalized spacial score (nSPS) is 13.9. The number of aromatic nitrogens is 2. The highest BCUT2D eigenvalue weighted by Crippen LogP contribution is 2.39. The van der Waals surface area contributed by atoms with Crippen LogP contribution in [-0.4, -0.2) is 9.97 Å². The molecule has 1 aliphatic rings. The van der Waals surface area contributed by atoms with Crippen LogP contribution in [0.1, 0.15) is 30.1 Å². The Balaban J connectivity index is 1.92. The van der Waals surface area contributed by atoms with Crippen LogP contribution in [0.5, 0.6) is 11.6 Å². The fourth-order valence-corrected chi connectivity index (χ4v) is 2.13. The lowest BCUT2D eigenvalue weighted by Gasteiger charge is -2.07. The van der Waals surface area contributed by atoms with Gasteiger partial charge in [0, 0.05) is 12.0 Å². The molecule has 1 heterocycles. The van der Waals surface area contributed by atoms with Gasteiger partial charge in [-0.05, 0) is 40.9 Å². The van der Waals surface area contributed by atoms with Crippen LogP contribution in [-0.2, 0) is 0 Å². The first-order valence-corrected chi connectivity index (χ1v) is 6.77. The van der Waals surface area contributed by atoms with E-state index in [1.165, 1.54) is 0 Å². The maximum Gasteiger partial charge on any atom is 0.223 e. The van der Waals surface area contributed by atoms with Crippen LogP contribution in [0.2, 0.25) is 0 Å². The Hall–Kier alpha value is -1.93. The minimum Gasteiger partial charge on any atom is -0.437 e. The largest absolute Gasteiger partial charge is 0.437 e. The van der Waals surface area contributed by atoms with Crippen LogP contribution in [0.15, 0.2) is 34.9 Å². The van der Waals surface area contributed by atoms with Gasteiger partial charge in [-0.15, -0.1) is 0 Å². The predicted octanol–water partition coefficient (Wildman–Crippen LogP) is 3.78. The quantitative estimate of drug-likeness (QED) is 0.809. The minimum absolute atomic E-state index is 0.450. The molecule has 1 aromatic heterocycles. The molecule has 5 heteroatoms. The van der Waals surface area contributed by atoms with E-state index in [4.69, 9.17) is 10.00 Å². The van der Waals surface area contributed by atoms with Crippen molar-refractivity contribution in [1.82, 2.24) is 9.97 Å². The first-order chi connectivity index (χ1) is 9.26. The lowest BCUT2D eigenvalue weighted by atomic mass is 10.2. The molecule has 0 saturated heterocycles. The summed E-state index contributed by atoms with van der Waals surface area (Å²) < 4.78 is 6.40. The molecule has 0 spiro atoms. The van der Waals surface area contributed by atoms with E-state index in [1.54, 1.807) is 24.3 Å². The van der Waals surface area contributed by atoms with E-state index >= 15 is 0 Å². The van der Waals surface area contributed by atoms with E-state index < -0.39 is 0 Å². The third-order valence-electron chi connectivity index (χ3n) is 2.85. The SMILES string of the molecule is N#Cc1ccccc1Oc1cc(Br)nc(C2CC2)n1. The average Bonchev–Trinajstić information content (AvgIpc) is 3.23. The van der Waals surface area contributed by atoms with Crippen LogP contribution in [0.4, 0.5) is 0 Å². The van der Waals surface area contributed by atoms with Crippen molar-refractivity contribution >= 4 is 15.9 Å². The smallest absolute Gasteiger partial charge is 0.223 e. The minimum atomic E-state index is 0.450. The summed E-state index contributed by atoms with van der Waals surface area (Å²) in [5, 5.41) is 9.03. The van der Waals surface area contributed by atoms with E-state index in [-0.39, 0.29) is 0 Å². The Morgan fingerprint density at radius 3 is 2.79 bits per heavy atom. The van der Waals surface area contributed by atoms with Gasteiger partial charge in [-0.25, -0.2) is 4.98 Å². The number of rotatable bonds is 3. The molecule has 1 fully saturated rings. The summed E-state index contributed by atoms with van der Waals surface area (Å²) in [6, 6.07) is 10.9. The van der Waals surface area contributed by atoms with Crippen molar-refractivity contribution in [1.29, 1.82) is 5.26 Å². The summed E-state index contributed by atoms with van der Waals surface area (Å²) in [5.74, 6) is 2.23. The molecular formula is C14H10BrN3O. The topological polar surface area (TPSA) is 58.8 Å². The number of hydrogen-bond acceptors (Lipinski definition) is 4. The summed E-state index contributed by atoms with van der Waals surface area (Å²) in [4.78, 5) is 8.73. The van der Waals surface area contributed by atoms with Gasteiger partial charge >= 0.3 is 0 Å². The molecule has 2 aromatic rings. The maximum absolute atomic E-state index is 9.03. The van der Waals surface area contributed by atoms with Crippen molar-refractivity contribution < 1.29 is 4.74 Å². The number of hydrogen-bond donors (Lipinski definition) is 0. The van der Waals surface area contributed by atoms with Gasteiger partial charge in [0.15, 0.2) is 0 Å². The Morgan fingerprint density at radius 2 is 2.05 bits per heavy atom. The molecule has 0 atom stereocenters. The summed E-state index contributed by atoms with van der Waals surface area (Å²) in [6.45, 7) is 0. The van der Waals surface area contributed by atoms with Gasteiger partial charge in [0.05, 0.1) is 5.56 Å². The van der Waals surface area contributed by atoms with Crippen molar-refractivity contribution in [3.05, 3.63) is 46.3 Å². The number of para-hydroxylation sites is 1. The molecule has 0 amide bonds. The summed E-state index contributed by atoms with van der Waals surface area (Å²) in [5.41, 5.74) is 0.491. The van der Waals surface area contributed by atoms with Crippen molar-refractivity contribution in [2.75, 3.05) is 0 Å². The first-order valence-electron chi connectivity index (χ1n) is 5.98. The van der Waals surface area contributed by atoms with Crippen LogP contribution in [0, 0.1) is 11.3 Å². The van der Waals surface area contributed by atoms with Gasteiger partial charge < -0.3 is 4.74 Å². The first kappa shape index (κ1) is 12.1. The van der Waals surface area contributed by atoms with Gasteiger partial charge in [-0.2, -0.15) is 10.2 Å². The number of nitrogens with zero attached hydrogens (tertiary/aromatic N) is 3. The van der Waals surface area contributed by atoms with Crippen molar-refractivity contribution in [3.63, 3.8) is 0 Å². The molecule has 3 rings (SSSR count). The fourth-order valence-electron chi connectivity index (χ4n) is 1.75. The molecule has 1 aliphatic carbocycles. The molecule has 4 nitrogen and oxygen atoms in total. The molecule has 0 radical (unpaired) electrons. The average molecular weight is 316 g/mol. The monoisotopic (exact) mass is 315 g/mol. The molecule has 0 bridgehead atoms. The second-order valence-corrected chi connectivity index (χ2v) is 5.18. The zero-order chi connectivity index (χ0) is 13.2. The Morgan fingerprint density at radius 1 is 1.26 bits per heavy atom. The standard InChI is InChI=1S/C14H10BrN3O/c15-12-7-13(18-14(17-12)9-5-6-9)19-11-4-2-1-3-10(11)8-16/h1-4,7,9H,5-6H2. The van der Waals surface area contributed by atoms with E-state index in [0.29, 0.717) is 27.7 Å². The molecule has 94 valence electrons. The highest BCUT2D eigenvalue weighted by Gasteiger charge is 2.27. The van der Waals surface area contributed by atoms with Gasteiger partial charge in [0.1, 0.15) is 22.2 Å². The van der Waals surface area contributed by atoms with E-state index in [1.807, 2.05) is 6.07 Å². The Kier molecular flexibility index (Phi) is 3.18. The third-order valence-corrected chi connectivity index (χ3v) is 3.26.